The molecule has 3 aromatic carbocycles. The van der Waals surface area contributed by atoms with Gasteiger partial charge in [-0.1, -0.05) is 12.1 Å². The Bertz CT molecular complexity index is 1070. The first-order chi connectivity index (χ1) is 14.4. The third kappa shape index (κ3) is 5.57. The maximum Gasteiger partial charge on any atom is 0.343 e. The summed E-state index contributed by atoms with van der Waals surface area (Å²) in [5.74, 6) is -0.949. The molecule has 3 rings (SSSR count). The van der Waals surface area contributed by atoms with Crippen molar-refractivity contribution < 1.29 is 33.7 Å². The van der Waals surface area contributed by atoms with Crippen LogP contribution in [-0.2, 0) is 9.53 Å². The molecule has 3 aromatic rings. The van der Waals surface area contributed by atoms with Gasteiger partial charge < -0.3 is 19.3 Å². The van der Waals surface area contributed by atoms with E-state index in [2.05, 4.69) is 0 Å². The van der Waals surface area contributed by atoms with Gasteiger partial charge in [0.25, 0.3) is 0 Å². The number of carboxylic acid groups (broad SMARTS) is 1. The summed E-state index contributed by atoms with van der Waals surface area (Å²) in [6.07, 6.45) is 0.593. The predicted molar refractivity (Wildman–Crippen MR) is 109 cm³/mol. The quantitative estimate of drug-likeness (QED) is 0.340. The fourth-order valence-corrected chi connectivity index (χ4v) is 2.74. The van der Waals surface area contributed by atoms with E-state index in [0.29, 0.717) is 30.9 Å². The Kier molecular flexibility index (Phi) is 6.64. The molecule has 0 aliphatic carbocycles. The standard InChI is InChI=1S/C23H20O7/c1-15(24)28-11-2-12-29-21-10-7-17-13-19(4-3-18(17)14-21)23(27)30-20-8-5-16(6-9-20)22(25)26/h3-10,13-14H,2,11-12H2,1H3,(H,25,26). The van der Waals surface area contributed by atoms with Crippen molar-refractivity contribution in [1.82, 2.24) is 0 Å². The van der Waals surface area contributed by atoms with Crippen LogP contribution in [0.15, 0.2) is 60.7 Å². The van der Waals surface area contributed by atoms with E-state index in [-0.39, 0.29) is 17.3 Å². The lowest BCUT2D eigenvalue weighted by Gasteiger charge is -2.09. The molecule has 0 atom stereocenters. The summed E-state index contributed by atoms with van der Waals surface area (Å²) in [6.45, 7) is 2.10. The van der Waals surface area contributed by atoms with Crippen LogP contribution in [0.25, 0.3) is 10.8 Å². The Balaban J connectivity index is 1.62. The molecule has 0 aliphatic rings. The maximum atomic E-state index is 12.4. The zero-order chi connectivity index (χ0) is 21.5. The van der Waals surface area contributed by atoms with Gasteiger partial charge in [-0.05, 0) is 59.3 Å². The number of ether oxygens (including phenoxy) is 3. The van der Waals surface area contributed by atoms with Crippen molar-refractivity contribution in [1.29, 1.82) is 0 Å². The molecule has 0 radical (unpaired) electrons. The van der Waals surface area contributed by atoms with Crippen molar-refractivity contribution in [2.24, 2.45) is 0 Å². The van der Waals surface area contributed by atoms with Gasteiger partial charge in [-0.25, -0.2) is 9.59 Å². The summed E-state index contributed by atoms with van der Waals surface area (Å²) in [5, 5.41) is 10.7. The van der Waals surface area contributed by atoms with Crippen LogP contribution in [0, 0.1) is 0 Å². The van der Waals surface area contributed by atoms with Crippen molar-refractivity contribution in [3.8, 4) is 11.5 Å². The van der Waals surface area contributed by atoms with Gasteiger partial charge in [0.1, 0.15) is 11.5 Å². The van der Waals surface area contributed by atoms with Crippen molar-refractivity contribution in [3.05, 3.63) is 71.8 Å². The van der Waals surface area contributed by atoms with Gasteiger partial charge in [0.05, 0.1) is 24.3 Å². The lowest BCUT2D eigenvalue weighted by Crippen LogP contribution is -2.08. The van der Waals surface area contributed by atoms with Crippen LogP contribution in [0.3, 0.4) is 0 Å². The second-order valence-electron chi connectivity index (χ2n) is 6.48. The molecule has 0 saturated carbocycles. The first-order valence-corrected chi connectivity index (χ1v) is 9.28. The number of hydrogen-bond donors (Lipinski definition) is 1. The Morgan fingerprint density at radius 1 is 0.800 bits per heavy atom. The number of esters is 2. The second kappa shape index (κ2) is 9.56. The van der Waals surface area contributed by atoms with E-state index in [9.17, 15) is 14.4 Å². The van der Waals surface area contributed by atoms with Gasteiger partial charge in [-0.3, -0.25) is 4.79 Å². The van der Waals surface area contributed by atoms with Crippen LogP contribution in [0.1, 0.15) is 34.1 Å². The number of carbonyl (C=O) groups excluding carboxylic acids is 2. The molecule has 154 valence electrons. The second-order valence-corrected chi connectivity index (χ2v) is 6.48. The van der Waals surface area contributed by atoms with E-state index in [1.165, 1.54) is 31.2 Å². The lowest BCUT2D eigenvalue weighted by molar-refractivity contribution is -0.141. The minimum absolute atomic E-state index is 0.116. The topological polar surface area (TPSA) is 99.1 Å². The molecule has 0 spiro atoms. The molecule has 0 heterocycles. The molecular formula is C23H20O7. The van der Waals surface area contributed by atoms with Crippen LogP contribution in [0.4, 0.5) is 0 Å². The number of carboxylic acids is 1. The molecule has 0 aromatic heterocycles. The van der Waals surface area contributed by atoms with Crippen LogP contribution >= 0.6 is 0 Å². The van der Waals surface area contributed by atoms with Crippen molar-refractivity contribution >= 4 is 28.7 Å². The first-order valence-electron chi connectivity index (χ1n) is 9.28. The molecule has 0 amide bonds. The summed E-state index contributed by atoms with van der Waals surface area (Å²) in [7, 11) is 0. The van der Waals surface area contributed by atoms with Crippen molar-refractivity contribution in [2.45, 2.75) is 13.3 Å². The highest BCUT2D eigenvalue weighted by Gasteiger charge is 2.11. The zero-order valence-electron chi connectivity index (χ0n) is 16.3. The van der Waals surface area contributed by atoms with Crippen LogP contribution in [0.2, 0.25) is 0 Å². The third-order valence-corrected chi connectivity index (χ3v) is 4.22. The fraction of sp³-hybridized carbons (Fsp3) is 0.174. The number of benzene rings is 3. The highest BCUT2D eigenvalue weighted by Crippen LogP contribution is 2.23. The monoisotopic (exact) mass is 408 g/mol. The minimum atomic E-state index is -1.05. The average molecular weight is 408 g/mol. The first kappa shape index (κ1) is 20.9. The summed E-state index contributed by atoms with van der Waals surface area (Å²) >= 11 is 0. The van der Waals surface area contributed by atoms with Crippen molar-refractivity contribution in [2.75, 3.05) is 13.2 Å². The van der Waals surface area contributed by atoms with E-state index < -0.39 is 11.9 Å². The van der Waals surface area contributed by atoms with Crippen LogP contribution < -0.4 is 9.47 Å². The maximum absolute atomic E-state index is 12.4. The largest absolute Gasteiger partial charge is 0.493 e. The zero-order valence-corrected chi connectivity index (χ0v) is 16.3. The Morgan fingerprint density at radius 2 is 1.43 bits per heavy atom. The van der Waals surface area contributed by atoms with E-state index >= 15 is 0 Å². The summed E-state index contributed by atoms with van der Waals surface area (Å²) in [6, 6.07) is 16.3. The lowest BCUT2D eigenvalue weighted by atomic mass is 10.1. The SMILES string of the molecule is CC(=O)OCCCOc1ccc2cc(C(=O)Oc3ccc(C(=O)O)cc3)ccc2c1. The number of rotatable bonds is 8. The van der Waals surface area contributed by atoms with E-state index in [4.69, 9.17) is 19.3 Å². The Labute approximate surface area is 172 Å². The van der Waals surface area contributed by atoms with Crippen LogP contribution in [-0.4, -0.2) is 36.2 Å². The summed E-state index contributed by atoms with van der Waals surface area (Å²) < 4.78 is 15.8. The molecular weight excluding hydrogens is 388 g/mol. The van der Waals surface area contributed by atoms with Gasteiger partial charge in [0.2, 0.25) is 0 Å². The normalized spacial score (nSPS) is 10.4. The third-order valence-electron chi connectivity index (χ3n) is 4.22. The highest BCUT2D eigenvalue weighted by molar-refractivity contribution is 5.96. The van der Waals surface area contributed by atoms with Gasteiger partial charge in [-0.2, -0.15) is 0 Å². The molecule has 0 saturated heterocycles. The van der Waals surface area contributed by atoms with Gasteiger partial charge in [0.15, 0.2) is 0 Å². The number of fused-ring (bicyclic) bond motifs is 1. The van der Waals surface area contributed by atoms with E-state index in [0.717, 1.165) is 10.8 Å². The van der Waals surface area contributed by atoms with Crippen LogP contribution in [0.5, 0.6) is 11.5 Å². The highest BCUT2D eigenvalue weighted by atomic mass is 16.5. The van der Waals surface area contributed by atoms with E-state index in [1.54, 1.807) is 24.3 Å². The van der Waals surface area contributed by atoms with Gasteiger partial charge in [0, 0.05) is 13.3 Å². The number of aromatic carboxylic acids is 1. The molecule has 0 unspecified atom stereocenters. The minimum Gasteiger partial charge on any atom is -0.493 e. The molecule has 0 fully saturated rings. The summed E-state index contributed by atoms with van der Waals surface area (Å²) in [4.78, 5) is 34.0. The molecule has 1 N–H and O–H groups in total. The van der Waals surface area contributed by atoms with E-state index in [1.807, 2.05) is 12.1 Å². The smallest absolute Gasteiger partial charge is 0.343 e. The molecule has 0 bridgehead atoms. The van der Waals surface area contributed by atoms with Gasteiger partial charge >= 0.3 is 17.9 Å². The number of hydrogen-bond acceptors (Lipinski definition) is 6. The van der Waals surface area contributed by atoms with Gasteiger partial charge in [-0.15, -0.1) is 0 Å². The molecule has 7 heteroatoms. The fourth-order valence-electron chi connectivity index (χ4n) is 2.74. The molecule has 30 heavy (non-hydrogen) atoms. The Hall–Kier alpha value is -3.87. The number of carbonyl (C=O) groups is 3. The predicted octanol–water partition coefficient (Wildman–Crippen LogP) is 4.09. The Morgan fingerprint density at radius 3 is 2.13 bits per heavy atom. The van der Waals surface area contributed by atoms with Crippen molar-refractivity contribution in [3.63, 3.8) is 0 Å². The summed E-state index contributed by atoms with van der Waals surface area (Å²) in [5.41, 5.74) is 0.491. The molecule has 0 aliphatic heterocycles. The molecule has 7 nitrogen and oxygen atoms in total. The average Bonchev–Trinajstić information content (AvgIpc) is 2.73.